The van der Waals surface area contributed by atoms with Gasteiger partial charge in [-0.25, -0.2) is 17.9 Å². The second kappa shape index (κ2) is 7.01. The van der Waals surface area contributed by atoms with Gasteiger partial charge in [-0.15, -0.1) is 0 Å². The van der Waals surface area contributed by atoms with Gasteiger partial charge in [0.15, 0.2) is 15.5 Å². The molecule has 28 heavy (non-hydrogen) atoms. The van der Waals surface area contributed by atoms with Crippen LogP contribution in [0.25, 0.3) is 5.65 Å². The lowest BCUT2D eigenvalue weighted by Crippen LogP contribution is -2.32. The molecule has 0 saturated carbocycles. The van der Waals surface area contributed by atoms with Crippen LogP contribution in [0.1, 0.15) is 35.8 Å². The van der Waals surface area contributed by atoms with E-state index >= 15 is 0 Å². The van der Waals surface area contributed by atoms with Crippen molar-refractivity contribution in [2.75, 3.05) is 12.8 Å². The van der Waals surface area contributed by atoms with Crippen LogP contribution in [0.3, 0.4) is 0 Å². The zero-order valence-corrected chi connectivity index (χ0v) is 16.7. The van der Waals surface area contributed by atoms with Crippen molar-refractivity contribution >= 4 is 21.4 Å². The molecule has 0 aliphatic carbocycles. The van der Waals surface area contributed by atoms with E-state index in [-0.39, 0.29) is 23.3 Å². The van der Waals surface area contributed by atoms with E-state index < -0.39 is 9.84 Å². The van der Waals surface area contributed by atoms with Crippen LogP contribution >= 0.6 is 0 Å². The predicted molar refractivity (Wildman–Crippen MR) is 105 cm³/mol. The minimum atomic E-state index is -3.24. The first-order valence-corrected chi connectivity index (χ1v) is 11.1. The lowest BCUT2D eigenvalue weighted by Gasteiger charge is -2.25. The summed E-state index contributed by atoms with van der Waals surface area (Å²) in [5, 5.41) is 4.53. The molecule has 1 atom stereocenters. The number of carbonyl (C=O) groups is 1. The fraction of sp³-hybridized carbons (Fsp3) is 0.350. The molecule has 1 aliphatic rings. The molecule has 2 aromatic heterocycles. The number of rotatable bonds is 4. The van der Waals surface area contributed by atoms with Gasteiger partial charge in [-0.1, -0.05) is 12.1 Å². The molecule has 0 spiro atoms. The second-order valence-electron chi connectivity index (χ2n) is 7.26. The number of amides is 1. The Bertz CT molecular complexity index is 1140. The standard InChI is InChI=1S/C20H22N4O3S/c1-14-12-19-21-10-9-18(24(19)22-14)17-4-3-11-23(17)20(25)13-15-5-7-16(8-6-15)28(2,26)27/h5-10,12,17H,3-4,11,13H2,1-2H3/t17-/m0/s1. The molecular weight excluding hydrogens is 376 g/mol. The van der Waals surface area contributed by atoms with Crippen molar-refractivity contribution in [1.82, 2.24) is 19.5 Å². The fourth-order valence-corrected chi connectivity index (χ4v) is 4.41. The summed E-state index contributed by atoms with van der Waals surface area (Å²) >= 11 is 0. The Morgan fingerprint density at radius 2 is 1.96 bits per heavy atom. The van der Waals surface area contributed by atoms with Crippen LogP contribution in [0.4, 0.5) is 0 Å². The molecule has 1 saturated heterocycles. The smallest absolute Gasteiger partial charge is 0.227 e. The first-order chi connectivity index (χ1) is 13.3. The zero-order chi connectivity index (χ0) is 19.9. The Hall–Kier alpha value is -2.74. The van der Waals surface area contributed by atoms with Crippen LogP contribution < -0.4 is 0 Å². The Kier molecular flexibility index (Phi) is 4.66. The lowest BCUT2D eigenvalue weighted by atomic mass is 10.1. The maximum Gasteiger partial charge on any atom is 0.227 e. The highest BCUT2D eigenvalue weighted by atomic mass is 32.2. The molecule has 1 aromatic carbocycles. The monoisotopic (exact) mass is 398 g/mol. The lowest BCUT2D eigenvalue weighted by molar-refractivity contribution is -0.131. The molecule has 0 bridgehead atoms. The molecular formula is C20H22N4O3S. The Balaban J connectivity index is 1.57. The van der Waals surface area contributed by atoms with Gasteiger partial charge in [-0.05, 0) is 43.5 Å². The van der Waals surface area contributed by atoms with Crippen LogP contribution in [0, 0.1) is 6.92 Å². The van der Waals surface area contributed by atoms with Crippen LogP contribution in [-0.2, 0) is 21.1 Å². The van der Waals surface area contributed by atoms with Gasteiger partial charge in [0.05, 0.1) is 28.7 Å². The summed E-state index contributed by atoms with van der Waals surface area (Å²) in [4.78, 5) is 19.5. The molecule has 8 heteroatoms. The van der Waals surface area contributed by atoms with E-state index in [2.05, 4.69) is 10.1 Å². The highest BCUT2D eigenvalue weighted by molar-refractivity contribution is 7.90. The van der Waals surface area contributed by atoms with Crippen molar-refractivity contribution in [2.24, 2.45) is 0 Å². The van der Waals surface area contributed by atoms with Crippen molar-refractivity contribution in [3.8, 4) is 0 Å². The number of likely N-dealkylation sites (tertiary alicyclic amines) is 1. The highest BCUT2D eigenvalue weighted by Crippen LogP contribution is 2.32. The third-order valence-corrected chi connectivity index (χ3v) is 6.26. The number of hydrogen-bond acceptors (Lipinski definition) is 5. The Morgan fingerprint density at radius 3 is 2.68 bits per heavy atom. The maximum atomic E-state index is 13.0. The quantitative estimate of drug-likeness (QED) is 0.673. The van der Waals surface area contributed by atoms with Crippen molar-refractivity contribution < 1.29 is 13.2 Å². The van der Waals surface area contributed by atoms with E-state index in [0.717, 1.165) is 35.4 Å². The second-order valence-corrected chi connectivity index (χ2v) is 9.28. The molecule has 1 fully saturated rings. The van der Waals surface area contributed by atoms with E-state index in [9.17, 15) is 13.2 Å². The average molecular weight is 398 g/mol. The summed E-state index contributed by atoms with van der Waals surface area (Å²) < 4.78 is 25.0. The molecule has 0 radical (unpaired) electrons. The number of hydrogen-bond donors (Lipinski definition) is 0. The van der Waals surface area contributed by atoms with E-state index in [0.29, 0.717) is 6.54 Å². The van der Waals surface area contributed by atoms with Crippen molar-refractivity contribution in [2.45, 2.75) is 37.1 Å². The summed E-state index contributed by atoms with van der Waals surface area (Å²) in [5.74, 6) is 0.0310. The molecule has 1 amide bonds. The third kappa shape index (κ3) is 3.52. The summed E-state index contributed by atoms with van der Waals surface area (Å²) in [7, 11) is -3.24. The van der Waals surface area contributed by atoms with Gasteiger partial charge >= 0.3 is 0 Å². The SMILES string of the molecule is Cc1cc2nccc([C@@H]3CCCN3C(=O)Cc3ccc(S(C)(=O)=O)cc3)n2n1. The molecule has 3 aromatic rings. The number of aromatic nitrogens is 3. The van der Waals surface area contributed by atoms with E-state index in [1.54, 1.807) is 30.5 Å². The van der Waals surface area contributed by atoms with Gasteiger partial charge in [0.1, 0.15) is 0 Å². The predicted octanol–water partition coefficient (Wildman–Crippen LogP) is 2.35. The topological polar surface area (TPSA) is 84.6 Å². The zero-order valence-electron chi connectivity index (χ0n) is 15.9. The molecule has 1 aliphatic heterocycles. The Labute approximate surface area is 163 Å². The van der Waals surface area contributed by atoms with Crippen LogP contribution in [-0.4, -0.2) is 46.6 Å². The summed E-state index contributed by atoms with van der Waals surface area (Å²) in [6.07, 6.45) is 5.00. The van der Waals surface area contributed by atoms with Gasteiger partial charge in [0, 0.05) is 25.1 Å². The van der Waals surface area contributed by atoms with Gasteiger partial charge < -0.3 is 4.90 Å². The molecule has 146 valence electrons. The molecule has 0 unspecified atom stereocenters. The van der Waals surface area contributed by atoms with Gasteiger partial charge in [0.25, 0.3) is 0 Å². The summed E-state index contributed by atoms with van der Waals surface area (Å²) in [6, 6.07) is 10.3. The summed E-state index contributed by atoms with van der Waals surface area (Å²) in [6.45, 7) is 2.63. The third-order valence-electron chi connectivity index (χ3n) is 5.13. The van der Waals surface area contributed by atoms with E-state index in [1.807, 2.05) is 28.5 Å². The van der Waals surface area contributed by atoms with Crippen molar-refractivity contribution in [1.29, 1.82) is 0 Å². The summed E-state index contributed by atoms with van der Waals surface area (Å²) in [5.41, 5.74) is 3.45. The maximum absolute atomic E-state index is 13.0. The van der Waals surface area contributed by atoms with E-state index in [4.69, 9.17) is 0 Å². The number of benzene rings is 1. The number of fused-ring (bicyclic) bond motifs is 1. The number of carbonyl (C=O) groups excluding carboxylic acids is 1. The minimum absolute atomic E-state index is 0.0310. The first kappa shape index (κ1) is 18.6. The normalized spacial score (nSPS) is 17.4. The fourth-order valence-electron chi connectivity index (χ4n) is 3.78. The Morgan fingerprint density at radius 1 is 1.21 bits per heavy atom. The van der Waals surface area contributed by atoms with Crippen LogP contribution in [0.2, 0.25) is 0 Å². The van der Waals surface area contributed by atoms with Crippen molar-refractivity contribution in [3.05, 3.63) is 59.5 Å². The molecule has 7 nitrogen and oxygen atoms in total. The number of sulfone groups is 1. The van der Waals surface area contributed by atoms with Crippen molar-refractivity contribution in [3.63, 3.8) is 0 Å². The molecule has 3 heterocycles. The van der Waals surface area contributed by atoms with Gasteiger partial charge in [-0.2, -0.15) is 5.10 Å². The number of nitrogens with zero attached hydrogens (tertiary/aromatic N) is 4. The van der Waals surface area contributed by atoms with Gasteiger partial charge in [0.2, 0.25) is 5.91 Å². The minimum Gasteiger partial charge on any atom is -0.334 e. The number of aryl methyl sites for hydroxylation is 1. The van der Waals surface area contributed by atoms with E-state index in [1.165, 1.54) is 6.26 Å². The molecule has 0 N–H and O–H groups in total. The van der Waals surface area contributed by atoms with Crippen LogP contribution in [0.15, 0.2) is 47.5 Å². The molecule has 4 rings (SSSR count). The van der Waals surface area contributed by atoms with Gasteiger partial charge in [-0.3, -0.25) is 4.79 Å². The average Bonchev–Trinajstić information content (AvgIpc) is 3.26. The first-order valence-electron chi connectivity index (χ1n) is 9.23. The van der Waals surface area contributed by atoms with Crippen LogP contribution in [0.5, 0.6) is 0 Å². The highest BCUT2D eigenvalue weighted by Gasteiger charge is 2.31. The largest absolute Gasteiger partial charge is 0.334 e.